The van der Waals surface area contributed by atoms with Crippen molar-refractivity contribution in [3.05, 3.63) is 29.3 Å². The summed E-state index contributed by atoms with van der Waals surface area (Å²) in [5.41, 5.74) is 3.88. The van der Waals surface area contributed by atoms with Crippen LogP contribution in [-0.4, -0.2) is 20.4 Å². The third-order valence-electron chi connectivity index (χ3n) is 2.76. The van der Waals surface area contributed by atoms with Crippen LogP contribution in [-0.2, 0) is 22.4 Å². The van der Waals surface area contributed by atoms with Crippen molar-refractivity contribution in [2.45, 2.75) is 26.4 Å². The fourth-order valence-corrected chi connectivity index (χ4v) is 3.81. The van der Waals surface area contributed by atoms with Gasteiger partial charge in [-0.25, -0.2) is 8.42 Å². The zero-order chi connectivity index (χ0) is 15.8. The molecule has 0 fully saturated rings. The molecule has 20 heavy (non-hydrogen) atoms. The molecular weight excluding hydrogens is 291 g/mol. The maximum Gasteiger partial charge on any atom is 0.416 e. The highest BCUT2D eigenvalue weighted by molar-refractivity contribution is 7.90. The van der Waals surface area contributed by atoms with Gasteiger partial charge in [-0.05, 0) is 29.5 Å². The van der Waals surface area contributed by atoms with Gasteiger partial charge in [0.15, 0.2) is 0 Å². The average Bonchev–Trinajstić information content (AvgIpc) is 2.14. The summed E-state index contributed by atoms with van der Waals surface area (Å²) in [6.45, 7) is 3.26. The van der Waals surface area contributed by atoms with Crippen LogP contribution < -0.4 is 5.73 Å². The smallest absolute Gasteiger partial charge is 0.399 e. The summed E-state index contributed by atoms with van der Waals surface area (Å²) in [7, 11) is -3.26. The van der Waals surface area contributed by atoms with Crippen molar-refractivity contribution in [1.82, 2.24) is 0 Å². The maximum atomic E-state index is 13.0. The molecule has 0 heterocycles. The first kappa shape index (κ1) is 16.8. The molecule has 114 valence electrons. The molecule has 0 radical (unpaired) electrons. The number of nitrogens with two attached hydrogens (primary N) is 1. The first-order valence-electron chi connectivity index (χ1n) is 5.93. The van der Waals surface area contributed by atoms with Crippen LogP contribution >= 0.6 is 0 Å². The summed E-state index contributed by atoms with van der Waals surface area (Å²) in [4.78, 5) is 0. The maximum absolute atomic E-state index is 13.0. The van der Waals surface area contributed by atoms with E-state index in [2.05, 4.69) is 0 Å². The lowest BCUT2D eigenvalue weighted by Gasteiger charge is -2.25. The molecule has 1 rings (SSSR count). The summed E-state index contributed by atoms with van der Waals surface area (Å²) in [5.74, 6) is -0.179. The molecule has 0 amide bonds. The zero-order valence-electron chi connectivity index (χ0n) is 11.6. The van der Waals surface area contributed by atoms with Crippen LogP contribution in [0.25, 0.3) is 0 Å². The van der Waals surface area contributed by atoms with Gasteiger partial charge in [-0.2, -0.15) is 13.2 Å². The highest BCUT2D eigenvalue weighted by atomic mass is 32.2. The minimum atomic E-state index is -4.51. The minimum absolute atomic E-state index is 0.00912. The standard InChI is InChI=1S/C13H18F3NO2S/c1-12(2,8-20(3,18)19)7-9-4-5-10(17)6-11(9)13(14,15)16/h4-6H,7-8,17H2,1-3H3. The number of sulfone groups is 1. The number of anilines is 1. The van der Waals surface area contributed by atoms with Crippen molar-refractivity contribution < 1.29 is 21.6 Å². The first-order valence-corrected chi connectivity index (χ1v) is 8.00. The Hall–Kier alpha value is -1.24. The van der Waals surface area contributed by atoms with E-state index in [1.165, 1.54) is 12.1 Å². The second-order valence-electron chi connectivity index (χ2n) is 5.83. The third kappa shape index (κ3) is 5.03. The van der Waals surface area contributed by atoms with E-state index in [1.54, 1.807) is 13.8 Å². The van der Waals surface area contributed by atoms with E-state index < -0.39 is 27.0 Å². The van der Waals surface area contributed by atoms with Crippen LogP contribution in [0.2, 0.25) is 0 Å². The molecule has 0 bridgehead atoms. The molecule has 0 aromatic heterocycles. The summed E-state index contributed by atoms with van der Waals surface area (Å²) in [5, 5.41) is 0. The molecule has 0 unspecified atom stereocenters. The SMILES string of the molecule is CC(C)(Cc1ccc(N)cc1C(F)(F)F)CS(C)(=O)=O. The van der Waals surface area contributed by atoms with Crippen molar-refractivity contribution >= 4 is 15.5 Å². The number of benzene rings is 1. The predicted octanol–water partition coefficient (Wildman–Crippen LogP) is 2.90. The second-order valence-corrected chi connectivity index (χ2v) is 7.97. The van der Waals surface area contributed by atoms with Crippen LogP contribution in [0.1, 0.15) is 25.0 Å². The number of nitrogen functional groups attached to an aromatic ring is 1. The Kier molecular flexibility index (Phi) is 4.43. The highest BCUT2D eigenvalue weighted by Crippen LogP contribution is 2.36. The fraction of sp³-hybridized carbons (Fsp3) is 0.538. The van der Waals surface area contributed by atoms with Crippen LogP contribution in [0, 0.1) is 5.41 Å². The number of halogens is 3. The van der Waals surface area contributed by atoms with Crippen molar-refractivity contribution in [3.8, 4) is 0 Å². The Morgan fingerprint density at radius 1 is 1.20 bits per heavy atom. The monoisotopic (exact) mass is 309 g/mol. The summed E-state index contributed by atoms with van der Waals surface area (Å²) in [6.07, 6.45) is -3.43. The van der Waals surface area contributed by atoms with E-state index >= 15 is 0 Å². The third-order valence-corrected chi connectivity index (χ3v) is 4.07. The molecule has 0 saturated heterocycles. The minimum Gasteiger partial charge on any atom is -0.399 e. The van der Waals surface area contributed by atoms with Crippen molar-refractivity contribution in [3.63, 3.8) is 0 Å². The van der Waals surface area contributed by atoms with E-state index in [0.29, 0.717) is 0 Å². The van der Waals surface area contributed by atoms with E-state index in [9.17, 15) is 21.6 Å². The molecule has 0 atom stereocenters. The van der Waals surface area contributed by atoms with Gasteiger partial charge in [0.1, 0.15) is 9.84 Å². The molecule has 0 saturated carbocycles. The van der Waals surface area contributed by atoms with Crippen LogP contribution in [0.5, 0.6) is 0 Å². The van der Waals surface area contributed by atoms with Gasteiger partial charge in [-0.3, -0.25) is 0 Å². The lowest BCUT2D eigenvalue weighted by Crippen LogP contribution is -2.27. The molecule has 0 aliphatic heterocycles. The van der Waals surface area contributed by atoms with E-state index in [4.69, 9.17) is 5.73 Å². The lowest BCUT2D eigenvalue weighted by atomic mass is 9.85. The van der Waals surface area contributed by atoms with Gasteiger partial charge in [0.05, 0.1) is 11.3 Å². The molecule has 3 nitrogen and oxygen atoms in total. The van der Waals surface area contributed by atoms with Crippen LogP contribution in [0.4, 0.5) is 18.9 Å². The van der Waals surface area contributed by atoms with Crippen molar-refractivity contribution in [2.75, 3.05) is 17.7 Å². The van der Waals surface area contributed by atoms with E-state index in [1.807, 2.05) is 0 Å². The Morgan fingerprint density at radius 2 is 1.75 bits per heavy atom. The molecule has 2 N–H and O–H groups in total. The van der Waals surface area contributed by atoms with Crippen LogP contribution in [0.15, 0.2) is 18.2 Å². The quantitative estimate of drug-likeness (QED) is 0.870. The van der Waals surface area contributed by atoms with E-state index in [-0.39, 0.29) is 23.4 Å². The Morgan fingerprint density at radius 3 is 2.20 bits per heavy atom. The van der Waals surface area contributed by atoms with Crippen LogP contribution in [0.3, 0.4) is 0 Å². The first-order chi connectivity index (χ1) is 8.80. The van der Waals surface area contributed by atoms with Gasteiger partial charge in [0, 0.05) is 11.9 Å². The van der Waals surface area contributed by atoms with Crippen molar-refractivity contribution in [1.29, 1.82) is 0 Å². The fourth-order valence-electron chi connectivity index (χ4n) is 2.29. The Bertz CT molecular complexity index is 592. The largest absolute Gasteiger partial charge is 0.416 e. The van der Waals surface area contributed by atoms with Crippen molar-refractivity contribution in [2.24, 2.45) is 5.41 Å². The summed E-state index contributed by atoms with van der Waals surface area (Å²) in [6, 6.07) is 3.58. The topological polar surface area (TPSA) is 60.2 Å². The molecule has 1 aromatic rings. The number of hydrogen-bond donors (Lipinski definition) is 1. The predicted molar refractivity (Wildman–Crippen MR) is 73.1 cm³/mol. The highest BCUT2D eigenvalue weighted by Gasteiger charge is 2.35. The summed E-state index contributed by atoms with van der Waals surface area (Å²) >= 11 is 0. The van der Waals surface area contributed by atoms with Gasteiger partial charge in [-0.15, -0.1) is 0 Å². The number of alkyl halides is 3. The molecule has 1 aromatic carbocycles. The second kappa shape index (κ2) is 5.27. The molecule has 0 aliphatic rings. The Balaban J connectivity index is 3.16. The van der Waals surface area contributed by atoms with Gasteiger partial charge >= 0.3 is 6.18 Å². The van der Waals surface area contributed by atoms with Gasteiger partial charge in [0.2, 0.25) is 0 Å². The number of rotatable bonds is 4. The molecule has 0 aliphatic carbocycles. The summed E-state index contributed by atoms with van der Waals surface area (Å²) < 4.78 is 61.6. The molecule has 0 spiro atoms. The van der Waals surface area contributed by atoms with Gasteiger partial charge < -0.3 is 5.73 Å². The molecular formula is C13H18F3NO2S. The van der Waals surface area contributed by atoms with E-state index in [0.717, 1.165) is 12.3 Å². The van der Waals surface area contributed by atoms with Gasteiger partial charge in [0.25, 0.3) is 0 Å². The zero-order valence-corrected chi connectivity index (χ0v) is 12.4. The average molecular weight is 309 g/mol. The number of hydrogen-bond acceptors (Lipinski definition) is 3. The lowest BCUT2D eigenvalue weighted by molar-refractivity contribution is -0.138. The normalized spacial score (nSPS) is 13.5. The Labute approximate surface area is 116 Å². The molecule has 7 heteroatoms. The van der Waals surface area contributed by atoms with Gasteiger partial charge in [-0.1, -0.05) is 19.9 Å².